The number of halogens is 1. The molecule has 0 spiro atoms. The van der Waals surface area contributed by atoms with Gasteiger partial charge in [0.25, 0.3) is 11.8 Å². The minimum absolute atomic E-state index is 0.244. The number of amides is 3. The second-order valence-corrected chi connectivity index (χ2v) is 7.07. The van der Waals surface area contributed by atoms with Crippen molar-refractivity contribution in [1.29, 1.82) is 0 Å². The van der Waals surface area contributed by atoms with Crippen LogP contribution in [-0.4, -0.2) is 48.0 Å². The Hall–Kier alpha value is -3.46. The number of fused-ring (bicyclic) bond motifs is 1. The molecule has 2 atom stereocenters. The normalized spacial score (nSPS) is 19.9. The molecule has 0 aromatic heterocycles. The number of hydrogen-bond donors (Lipinski definition) is 1. The van der Waals surface area contributed by atoms with Crippen LogP contribution >= 0.6 is 11.6 Å². The van der Waals surface area contributed by atoms with Crippen LogP contribution in [0.3, 0.4) is 0 Å². The van der Waals surface area contributed by atoms with Crippen molar-refractivity contribution in [3.05, 3.63) is 53.6 Å². The van der Waals surface area contributed by atoms with Crippen molar-refractivity contribution in [2.45, 2.75) is 19.0 Å². The molecule has 0 bridgehead atoms. The number of hydrogen-bond acceptors (Lipinski definition) is 7. The molecule has 2 aromatic carbocycles. The zero-order chi connectivity index (χ0) is 21.3. The molecule has 2 aromatic rings. The summed E-state index contributed by atoms with van der Waals surface area (Å²) < 4.78 is 5.39. The zero-order valence-corrected chi connectivity index (χ0v) is 16.7. The smallest absolute Gasteiger partial charge is 0.263 e. The second kappa shape index (κ2) is 8.11. The molecule has 0 aliphatic carbocycles. The fourth-order valence-electron chi connectivity index (χ4n) is 3.37. The summed E-state index contributed by atoms with van der Waals surface area (Å²) in [6.45, 7) is 2.13. The third-order valence-corrected chi connectivity index (χ3v) is 5.05. The third kappa shape index (κ3) is 3.59. The Labute approximate surface area is 177 Å². The predicted octanol–water partition coefficient (Wildman–Crippen LogP) is 2.67. The zero-order valence-electron chi connectivity index (χ0n) is 16.0. The number of carbonyl (C=O) groups excluding carboxylic acids is 3. The summed E-state index contributed by atoms with van der Waals surface area (Å²) in [6.07, 6.45) is 0. The molecule has 1 fully saturated rings. The SMILES string of the molecule is CCOc1ccc(N2C(=O)C3N=NN(CC(=O)Nc4ccccc4Cl)C3C2=O)cc1. The summed E-state index contributed by atoms with van der Waals surface area (Å²) in [6, 6.07) is 11.5. The van der Waals surface area contributed by atoms with Gasteiger partial charge in [-0.3, -0.25) is 19.4 Å². The lowest BCUT2D eigenvalue weighted by Crippen LogP contribution is -2.43. The lowest BCUT2D eigenvalue weighted by atomic mass is 10.1. The summed E-state index contributed by atoms with van der Waals surface area (Å²) in [5.74, 6) is -0.753. The number of para-hydroxylation sites is 1. The Kier molecular flexibility index (Phi) is 5.37. The van der Waals surface area contributed by atoms with E-state index >= 15 is 0 Å². The van der Waals surface area contributed by atoms with Crippen LogP contribution in [0.25, 0.3) is 0 Å². The molecule has 2 aliphatic heterocycles. The first-order valence-corrected chi connectivity index (χ1v) is 9.70. The largest absolute Gasteiger partial charge is 0.494 e. The molecule has 2 unspecified atom stereocenters. The topological polar surface area (TPSA) is 104 Å². The first-order chi connectivity index (χ1) is 14.5. The highest BCUT2D eigenvalue weighted by molar-refractivity contribution is 6.33. The van der Waals surface area contributed by atoms with Crippen molar-refractivity contribution in [3.63, 3.8) is 0 Å². The molecule has 4 rings (SSSR count). The lowest BCUT2D eigenvalue weighted by Gasteiger charge is -2.20. The molecule has 0 radical (unpaired) electrons. The van der Waals surface area contributed by atoms with E-state index in [0.717, 1.165) is 4.90 Å². The van der Waals surface area contributed by atoms with Crippen LogP contribution in [-0.2, 0) is 14.4 Å². The maximum Gasteiger partial charge on any atom is 0.263 e. The number of nitrogens with zero attached hydrogens (tertiary/aromatic N) is 4. The van der Waals surface area contributed by atoms with Gasteiger partial charge in [0.1, 0.15) is 12.3 Å². The summed E-state index contributed by atoms with van der Waals surface area (Å²) in [5, 5.41) is 12.1. The van der Waals surface area contributed by atoms with E-state index in [1.807, 2.05) is 6.92 Å². The third-order valence-electron chi connectivity index (χ3n) is 4.72. The molecule has 9 nitrogen and oxygen atoms in total. The minimum atomic E-state index is -0.975. The highest BCUT2D eigenvalue weighted by Crippen LogP contribution is 2.32. The first kappa shape index (κ1) is 19.8. The molecule has 1 saturated heterocycles. The van der Waals surface area contributed by atoms with Gasteiger partial charge in [0, 0.05) is 0 Å². The van der Waals surface area contributed by atoms with E-state index in [0.29, 0.717) is 28.8 Å². The molecule has 0 saturated carbocycles. The quantitative estimate of drug-likeness (QED) is 0.714. The molecular weight excluding hydrogens is 410 g/mol. The van der Waals surface area contributed by atoms with Gasteiger partial charge in [-0.1, -0.05) is 29.0 Å². The Morgan fingerprint density at radius 1 is 1.13 bits per heavy atom. The van der Waals surface area contributed by atoms with Crippen LogP contribution in [0.2, 0.25) is 5.02 Å². The monoisotopic (exact) mass is 427 g/mol. The molecule has 1 N–H and O–H groups in total. The van der Waals surface area contributed by atoms with Gasteiger partial charge in [0.2, 0.25) is 5.91 Å². The number of anilines is 2. The Morgan fingerprint density at radius 3 is 2.57 bits per heavy atom. The van der Waals surface area contributed by atoms with E-state index in [-0.39, 0.29) is 6.54 Å². The number of ether oxygens (including phenoxy) is 1. The van der Waals surface area contributed by atoms with Gasteiger partial charge in [-0.05, 0) is 43.3 Å². The fraction of sp³-hybridized carbons (Fsp3) is 0.250. The van der Waals surface area contributed by atoms with Gasteiger partial charge < -0.3 is 10.1 Å². The van der Waals surface area contributed by atoms with Crippen molar-refractivity contribution < 1.29 is 19.1 Å². The molecule has 2 heterocycles. The van der Waals surface area contributed by atoms with E-state index in [2.05, 4.69) is 15.7 Å². The van der Waals surface area contributed by atoms with Gasteiger partial charge in [-0.15, -0.1) is 0 Å². The first-order valence-electron chi connectivity index (χ1n) is 9.32. The van der Waals surface area contributed by atoms with Gasteiger partial charge in [-0.25, -0.2) is 4.90 Å². The van der Waals surface area contributed by atoms with E-state index < -0.39 is 29.8 Å². The molecule has 2 aliphatic rings. The van der Waals surface area contributed by atoms with E-state index in [9.17, 15) is 14.4 Å². The van der Waals surface area contributed by atoms with Crippen molar-refractivity contribution in [2.75, 3.05) is 23.4 Å². The van der Waals surface area contributed by atoms with E-state index in [1.54, 1.807) is 48.5 Å². The molecule has 10 heteroatoms. The van der Waals surface area contributed by atoms with Crippen LogP contribution in [0.1, 0.15) is 6.92 Å². The summed E-state index contributed by atoms with van der Waals surface area (Å²) >= 11 is 6.05. The van der Waals surface area contributed by atoms with Gasteiger partial charge in [-0.2, -0.15) is 5.11 Å². The highest BCUT2D eigenvalue weighted by atomic mass is 35.5. The summed E-state index contributed by atoms with van der Waals surface area (Å²) in [5.41, 5.74) is 0.861. The average Bonchev–Trinajstić information content (AvgIpc) is 3.24. The highest BCUT2D eigenvalue weighted by Gasteiger charge is 2.55. The van der Waals surface area contributed by atoms with E-state index in [4.69, 9.17) is 16.3 Å². The van der Waals surface area contributed by atoms with Crippen molar-refractivity contribution in [2.24, 2.45) is 10.3 Å². The second-order valence-electron chi connectivity index (χ2n) is 6.66. The summed E-state index contributed by atoms with van der Waals surface area (Å²) in [7, 11) is 0. The lowest BCUT2D eigenvalue weighted by molar-refractivity contribution is -0.123. The minimum Gasteiger partial charge on any atom is -0.494 e. The maximum absolute atomic E-state index is 13.0. The Bertz CT molecular complexity index is 1030. The van der Waals surface area contributed by atoms with Crippen LogP contribution in [0.15, 0.2) is 58.9 Å². The van der Waals surface area contributed by atoms with Gasteiger partial charge in [0.15, 0.2) is 12.1 Å². The van der Waals surface area contributed by atoms with Gasteiger partial charge >= 0.3 is 0 Å². The Balaban J connectivity index is 1.47. The number of carbonyl (C=O) groups is 3. The average molecular weight is 428 g/mol. The van der Waals surface area contributed by atoms with Crippen LogP contribution in [0.5, 0.6) is 5.75 Å². The maximum atomic E-state index is 13.0. The van der Waals surface area contributed by atoms with Crippen molar-refractivity contribution in [3.8, 4) is 5.75 Å². The number of benzene rings is 2. The fourth-order valence-corrected chi connectivity index (χ4v) is 3.55. The molecular formula is C20H18ClN5O4. The van der Waals surface area contributed by atoms with Crippen LogP contribution in [0.4, 0.5) is 11.4 Å². The molecule has 154 valence electrons. The predicted molar refractivity (Wildman–Crippen MR) is 109 cm³/mol. The number of rotatable bonds is 6. The molecule has 3 amide bonds. The van der Waals surface area contributed by atoms with Crippen LogP contribution < -0.4 is 15.0 Å². The van der Waals surface area contributed by atoms with E-state index in [1.165, 1.54) is 5.01 Å². The van der Waals surface area contributed by atoms with Crippen LogP contribution in [0, 0.1) is 0 Å². The standard InChI is InChI=1S/C20H18ClN5O4/c1-2-30-13-9-7-12(8-10-13)26-19(28)17-18(20(26)29)25(24-23-17)11-16(27)22-15-6-4-3-5-14(15)21/h3-10,17-18H,2,11H2,1H3,(H,22,27). The number of nitrogens with one attached hydrogen (secondary N) is 1. The van der Waals surface area contributed by atoms with Gasteiger partial charge in [0.05, 0.1) is 23.0 Å². The number of imide groups is 1. The van der Waals surface area contributed by atoms with Crippen molar-refractivity contribution in [1.82, 2.24) is 5.01 Å². The van der Waals surface area contributed by atoms with Crippen molar-refractivity contribution >= 4 is 40.7 Å². The molecule has 30 heavy (non-hydrogen) atoms. The summed E-state index contributed by atoms with van der Waals surface area (Å²) in [4.78, 5) is 39.2. The Morgan fingerprint density at radius 2 is 1.87 bits per heavy atom.